The molecular formula is C50H58F2N8O6. The van der Waals surface area contributed by atoms with E-state index in [9.17, 15) is 19.2 Å². The number of carbonyl (C=O) groups excluding carboxylic acids is 4. The van der Waals surface area contributed by atoms with Crippen LogP contribution < -0.4 is 10.6 Å². The summed E-state index contributed by atoms with van der Waals surface area (Å²) in [6, 6.07) is 15.3. The van der Waals surface area contributed by atoms with Crippen molar-refractivity contribution in [3.63, 3.8) is 0 Å². The molecule has 4 atom stereocenters. The zero-order valence-electron chi connectivity index (χ0n) is 38.3. The average molecular weight is 905 g/mol. The number of likely N-dealkylation sites (tertiary alicyclic amines) is 2. The van der Waals surface area contributed by atoms with Crippen molar-refractivity contribution in [3.8, 4) is 46.4 Å². The molecular weight excluding hydrogens is 847 g/mol. The second-order valence-corrected chi connectivity index (χ2v) is 17.5. The van der Waals surface area contributed by atoms with E-state index in [0.29, 0.717) is 51.7 Å². The van der Waals surface area contributed by atoms with Gasteiger partial charge in [-0.2, -0.15) is 8.78 Å². The van der Waals surface area contributed by atoms with E-state index < -0.39 is 18.1 Å². The molecule has 16 heteroatoms. The molecule has 5 aliphatic rings. The molecule has 4 N–H and O–H groups in total. The van der Waals surface area contributed by atoms with Crippen LogP contribution in [0, 0.1) is 24.2 Å². The first-order valence-electron chi connectivity index (χ1n) is 22.6. The van der Waals surface area contributed by atoms with E-state index in [2.05, 4.69) is 75.6 Å². The van der Waals surface area contributed by atoms with Crippen LogP contribution in [0.1, 0.15) is 108 Å². The van der Waals surface area contributed by atoms with Gasteiger partial charge in [-0.1, -0.05) is 70.9 Å². The number of nitrogens with one attached hydrogen (secondary N) is 4. The lowest BCUT2D eigenvalue weighted by Gasteiger charge is -2.48. The molecule has 14 nitrogen and oxygen atoms in total. The number of methoxy groups -OCH3 is 2. The molecule has 348 valence electrons. The molecule has 2 aliphatic heterocycles. The third-order valence-corrected chi connectivity index (χ3v) is 12.9. The van der Waals surface area contributed by atoms with E-state index in [4.69, 9.17) is 4.98 Å². The van der Waals surface area contributed by atoms with E-state index in [1.807, 2.05) is 29.2 Å². The number of rotatable bonds is 8. The van der Waals surface area contributed by atoms with Gasteiger partial charge in [0.25, 0.3) is 5.92 Å². The number of amides is 4. The van der Waals surface area contributed by atoms with Crippen molar-refractivity contribution < 1.29 is 37.4 Å². The van der Waals surface area contributed by atoms with Gasteiger partial charge in [-0.15, -0.1) is 12.8 Å². The predicted molar refractivity (Wildman–Crippen MR) is 247 cm³/mol. The van der Waals surface area contributed by atoms with Gasteiger partial charge in [-0.25, -0.2) is 19.6 Å². The number of carbonyl (C=O) groups is 4. The highest BCUT2D eigenvalue weighted by atomic mass is 19.3. The third kappa shape index (κ3) is 8.70. The lowest BCUT2D eigenvalue weighted by atomic mass is 9.84. The molecule has 1 unspecified atom stereocenters. The van der Waals surface area contributed by atoms with Gasteiger partial charge in [0.15, 0.2) is 0 Å². The number of fused-ring (bicyclic) bond motifs is 6. The first kappa shape index (κ1) is 47.2. The van der Waals surface area contributed by atoms with Gasteiger partial charge in [0.05, 0.1) is 49.2 Å². The SMILES string of the molecule is C#C.CCC.CCC.COC(=O)NCC(=O)N1CC2(CC2)C1c1ncc(-c2ccc3c(c2)C(F)(F)c2cc(-c4ccc5nc([C@@H]6[C@H]7CC[C@H](C7)N6C(=O)CNC(=O)OC)[nH]c5c4)ccc2-3)[nH]1. The van der Waals surface area contributed by atoms with Gasteiger partial charge in [0, 0.05) is 34.7 Å². The van der Waals surface area contributed by atoms with Gasteiger partial charge in [-0.3, -0.25) is 9.59 Å². The number of halogens is 2. The number of alkyl carbamates (subject to hydrolysis) is 2. The zero-order chi connectivity index (χ0) is 47.5. The summed E-state index contributed by atoms with van der Waals surface area (Å²) in [7, 11) is 2.48. The minimum Gasteiger partial charge on any atom is -0.453 e. The summed E-state index contributed by atoms with van der Waals surface area (Å²) in [6.45, 7) is 8.70. The van der Waals surface area contributed by atoms with Crippen LogP contribution in [0.25, 0.3) is 44.5 Å². The standard InChI is InChI=1S/C42H40F2N8O6.2C3H8.C2H2/c1-57-39(55)46-18-33(53)51-20-41(11-12-41)36(51)38-45-17-32(50-38)23-5-9-27-26-8-4-21(14-28(26)42(43,44)29(27)15-23)22-6-10-30-31(16-22)49-37(48-30)35-24-3-7-25(13-24)52(35)34(54)19-47-40(56)58-2;2*1-3-2;1-2/h4-6,8-10,14-17,24-25,35-36H,3,7,11-13,18-20H2,1-2H3,(H,45,50)(H,46,55)(H,47,56)(H,48,49);2*3H2,1-2H3;1-2H/t24-,25+,35-,36?;;;/m0.../s1. The van der Waals surface area contributed by atoms with Crippen LogP contribution in [0.3, 0.4) is 0 Å². The summed E-state index contributed by atoms with van der Waals surface area (Å²) in [4.78, 5) is 69.1. The molecule has 0 radical (unpaired) electrons. The Hall–Kier alpha value is -6.76. The van der Waals surface area contributed by atoms with Gasteiger partial charge in [-0.05, 0) is 84.5 Å². The fourth-order valence-electron chi connectivity index (χ4n) is 9.87. The summed E-state index contributed by atoms with van der Waals surface area (Å²) in [5, 5.41) is 4.93. The molecule has 4 heterocycles. The fraction of sp³-hybridized carbons (Fsp3) is 0.440. The molecule has 5 aromatic rings. The lowest BCUT2D eigenvalue weighted by molar-refractivity contribution is -0.145. The van der Waals surface area contributed by atoms with Gasteiger partial charge in [0.1, 0.15) is 24.7 Å². The largest absolute Gasteiger partial charge is 0.453 e. The third-order valence-electron chi connectivity index (χ3n) is 12.9. The minimum atomic E-state index is -3.27. The Balaban J connectivity index is 0.000000761. The normalized spacial score (nSPS) is 20.5. The molecule has 2 saturated heterocycles. The van der Waals surface area contributed by atoms with E-state index in [1.54, 1.807) is 35.4 Å². The number of alkyl halides is 2. The number of nitrogens with zero attached hydrogens (tertiary/aromatic N) is 4. The maximum atomic E-state index is 16.5. The second-order valence-electron chi connectivity index (χ2n) is 17.5. The van der Waals surface area contributed by atoms with Crippen LogP contribution in [0.2, 0.25) is 0 Å². The van der Waals surface area contributed by atoms with Crippen LogP contribution in [-0.4, -0.2) is 93.6 Å². The number of terminal acetylenes is 1. The van der Waals surface area contributed by atoms with Crippen molar-refractivity contribution in [3.05, 3.63) is 83.6 Å². The Bertz CT molecular complexity index is 2630. The van der Waals surface area contributed by atoms with E-state index in [1.165, 1.54) is 33.1 Å². The Kier molecular flexibility index (Phi) is 13.9. The summed E-state index contributed by atoms with van der Waals surface area (Å²) in [5.74, 6) is -2.23. The van der Waals surface area contributed by atoms with Gasteiger partial charge >= 0.3 is 12.2 Å². The van der Waals surface area contributed by atoms with Crippen molar-refractivity contribution in [2.45, 2.75) is 96.7 Å². The van der Waals surface area contributed by atoms with Crippen LogP contribution in [0.4, 0.5) is 18.4 Å². The number of H-pyrrole nitrogens is 2. The van der Waals surface area contributed by atoms with E-state index in [-0.39, 0.29) is 65.5 Å². The van der Waals surface area contributed by atoms with Gasteiger partial charge < -0.3 is 39.9 Å². The van der Waals surface area contributed by atoms with Crippen molar-refractivity contribution >= 4 is 35.0 Å². The van der Waals surface area contributed by atoms with E-state index >= 15 is 8.78 Å². The molecule has 4 fully saturated rings. The average Bonchev–Trinajstić information content (AvgIpc) is 3.74. The summed E-state index contributed by atoms with van der Waals surface area (Å²) >= 11 is 0. The van der Waals surface area contributed by atoms with Crippen molar-refractivity contribution in [2.75, 3.05) is 33.9 Å². The minimum absolute atomic E-state index is 0.0621. The van der Waals surface area contributed by atoms with E-state index in [0.717, 1.165) is 43.2 Å². The first-order valence-corrected chi connectivity index (χ1v) is 22.6. The van der Waals surface area contributed by atoms with Crippen LogP contribution >= 0.6 is 0 Å². The number of benzene rings is 3. The Labute approximate surface area is 383 Å². The van der Waals surface area contributed by atoms with Crippen molar-refractivity contribution in [2.24, 2.45) is 11.3 Å². The maximum Gasteiger partial charge on any atom is 0.407 e. The maximum absolute atomic E-state index is 16.5. The highest BCUT2D eigenvalue weighted by molar-refractivity contribution is 5.88. The summed E-state index contributed by atoms with van der Waals surface area (Å²) in [5.41, 5.74) is 4.61. The molecule has 10 rings (SSSR count). The quantitative estimate of drug-likeness (QED) is 0.112. The zero-order valence-corrected chi connectivity index (χ0v) is 38.3. The smallest absolute Gasteiger partial charge is 0.407 e. The van der Waals surface area contributed by atoms with Crippen molar-refractivity contribution in [1.29, 1.82) is 0 Å². The topological polar surface area (TPSA) is 175 Å². The number of aromatic amines is 2. The number of aromatic nitrogens is 4. The highest BCUT2D eigenvalue weighted by Gasteiger charge is 2.63. The Morgan fingerprint density at radius 1 is 0.788 bits per heavy atom. The Morgan fingerprint density at radius 2 is 1.36 bits per heavy atom. The van der Waals surface area contributed by atoms with Gasteiger partial charge in [0.2, 0.25) is 11.8 Å². The number of hydrogen-bond acceptors (Lipinski definition) is 8. The molecule has 2 saturated carbocycles. The number of piperidine rings is 1. The number of hydrogen-bond donors (Lipinski definition) is 4. The van der Waals surface area contributed by atoms with Crippen LogP contribution in [-0.2, 0) is 25.0 Å². The first-order chi connectivity index (χ1) is 31.8. The fourth-order valence-corrected chi connectivity index (χ4v) is 9.87. The predicted octanol–water partition coefficient (Wildman–Crippen LogP) is 9.25. The van der Waals surface area contributed by atoms with Crippen LogP contribution in [0.15, 0.2) is 60.8 Å². The molecule has 4 amide bonds. The molecule has 2 bridgehead atoms. The Morgan fingerprint density at radius 3 is 1.98 bits per heavy atom. The number of imidazole rings is 2. The second kappa shape index (κ2) is 19.4. The lowest BCUT2D eigenvalue weighted by Crippen LogP contribution is -2.56. The molecule has 2 aromatic heterocycles. The monoisotopic (exact) mass is 904 g/mol. The molecule has 66 heavy (non-hydrogen) atoms. The van der Waals surface area contributed by atoms with Crippen LogP contribution in [0.5, 0.6) is 0 Å². The summed E-state index contributed by atoms with van der Waals surface area (Å²) in [6.07, 6.45) is 15.4. The number of ether oxygens (including phenoxy) is 2. The summed E-state index contributed by atoms with van der Waals surface area (Å²) < 4.78 is 42.1. The highest BCUT2D eigenvalue weighted by Crippen LogP contribution is 2.64. The van der Waals surface area contributed by atoms with Crippen molar-refractivity contribution in [1.82, 2.24) is 40.4 Å². The molecule has 1 spiro atoms. The molecule has 3 aromatic carbocycles. The molecule has 3 aliphatic carbocycles.